The maximum Gasteiger partial charge on any atom is 0.270 e. The van der Waals surface area contributed by atoms with Crippen LogP contribution in [0.4, 0.5) is 5.69 Å². The molecule has 5 heteroatoms. The molecular formula is C11H13ClN2O2. The van der Waals surface area contributed by atoms with Crippen LogP contribution in [0, 0.1) is 16.0 Å². The molecule has 0 aromatic heterocycles. The molecule has 2 atom stereocenters. The SMILES string of the molecule is CC1CC1NCc1ccc([N+](=O)[O-])cc1Cl. The second-order valence-corrected chi connectivity index (χ2v) is 4.64. The molecule has 0 spiro atoms. The number of nitrogens with one attached hydrogen (secondary N) is 1. The van der Waals surface area contributed by atoms with E-state index in [1.165, 1.54) is 18.6 Å². The third-order valence-corrected chi connectivity index (χ3v) is 3.26. The van der Waals surface area contributed by atoms with Crippen LogP contribution in [0.25, 0.3) is 0 Å². The van der Waals surface area contributed by atoms with Gasteiger partial charge in [-0.2, -0.15) is 0 Å². The summed E-state index contributed by atoms with van der Waals surface area (Å²) < 4.78 is 0. The van der Waals surface area contributed by atoms with E-state index in [1.54, 1.807) is 6.07 Å². The summed E-state index contributed by atoms with van der Waals surface area (Å²) >= 11 is 5.97. The standard InChI is InChI=1S/C11H13ClN2O2/c1-7-4-11(7)13-6-8-2-3-9(14(15)16)5-10(8)12/h2-3,5,7,11,13H,4,6H2,1H3. The molecular weight excluding hydrogens is 228 g/mol. The highest BCUT2D eigenvalue weighted by Gasteiger charge is 2.31. The van der Waals surface area contributed by atoms with Crippen LogP contribution < -0.4 is 5.32 Å². The zero-order valence-corrected chi connectivity index (χ0v) is 9.70. The first-order valence-corrected chi connectivity index (χ1v) is 5.62. The molecule has 16 heavy (non-hydrogen) atoms. The Hall–Kier alpha value is -1.13. The Balaban J connectivity index is 2.01. The zero-order valence-electron chi connectivity index (χ0n) is 8.94. The van der Waals surface area contributed by atoms with E-state index < -0.39 is 4.92 Å². The van der Waals surface area contributed by atoms with E-state index in [9.17, 15) is 10.1 Å². The van der Waals surface area contributed by atoms with Crippen molar-refractivity contribution in [1.82, 2.24) is 5.32 Å². The van der Waals surface area contributed by atoms with Crippen molar-refractivity contribution < 1.29 is 4.92 Å². The molecule has 0 heterocycles. The third kappa shape index (κ3) is 2.51. The van der Waals surface area contributed by atoms with Crippen LogP contribution in [-0.4, -0.2) is 11.0 Å². The van der Waals surface area contributed by atoms with Crippen LogP contribution in [0.5, 0.6) is 0 Å². The van der Waals surface area contributed by atoms with Gasteiger partial charge in [0.15, 0.2) is 0 Å². The first-order chi connectivity index (χ1) is 7.58. The smallest absolute Gasteiger partial charge is 0.270 e. The van der Waals surface area contributed by atoms with E-state index in [0.717, 1.165) is 11.5 Å². The summed E-state index contributed by atoms with van der Waals surface area (Å²) in [7, 11) is 0. The van der Waals surface area contributed by atoms with E-state index in [4.69, 9.17) is 11.6 Å². The fraction of sp³-hybridized carbons (Fsp3) is 0.455. The molecule has 0 amide bonds. The fourth-order valence-corrected chi connectivity index (χ4v) is 1.88. The van der Waals surface area contributed by atoms with Gasteiger partial charge in [-0.25, -0.2) is 0 Å². The van der Waals surface area contributed by atoms with Crippen molar-refractivity contribution in [2.24, 2.45) is 5.92 Å². The van der Waals surface area contributed by atoms with E-state index in [-0.39, 0.29) is 5.69 Å². The molecule has 1 fully saturated rings. The number of benzene rings is 1. The van der Waals surface area contributed by atoms with Crippen LogP contribution in [0.3, 0.4) is 0 Å². The monoisotopic (exact) mass is 240 g/mol. The average Bonchev–Trinajstić information content (AvgIpc) is 2.92. The van der Waals surface area contributed by atoms with Gasteiger partial charge in [0.2, 0.25) is 0 Å². The maximum atomic E-state index is 10.5. The third-order valence-electron chi connectivity index (χ3n) is 2.91. The van der Waals surface area contributed by atoms with Gasteiger partial charge in [0.25, 0.3) is 5.69 Å². The summed E-state index contributed by atoms with van der Waals surface area (Å²) in [4.78, 5) is 10.1. The minimum absolute atomic E-state index is 0.0357. The molecule has 0 radical (unpaired) electrons. The Kier molecular flexibility index (Phi) is 3.12. The Morgan fingerprint density at radius 2 is 2.31 bits per heavy atom. The lowest BCUT2D eigenvalue weighted by atomic mass is 10.2. The Bertz CT molecular complexity index is 422. The lowest BCUT2D eigenvalue weighted by Gasteiger charge is -2.05. The van der Waals surface area contributed by atoms with Gasteiger partial charge in [0.05, 0.1) is 9.95 Å². The van der Waals surface area contributed by atoms with Crippen molar-refractivity contribution in [3.8, 4) is 0 Å². The van der Waals surface area contributed by atoms with Gasteiger partial charge in [-0.3, -0.25) is 10.1 Å². The number of halogens is 1. The van der Waals surface area contributed by atoms with Crippen molar-refractivity contribution in [3.05, 3.63) is 38.9 Å². The highest BCUT2D eigenvalue weighted by Crippen LogP contribution is 2.30. The summed E-state index contributed by atoms with van der Waals surface area (Å²) in [5, 5.41) is 14.3. The number of non-ortho nitro benzene ring substituents is 1. The van der Waals surface area contributed by atoms with Gasteiger partial charge in [0.1, 0.15) is 0 Å². The van der Waals surface area contributed by atoms with Crippen LogP contribution >= 0.6 is 11.6 Å². The summed E-state index contributed by atoms with van der Waals surface area (Å²) in [6, 6.07) is 5.17. The quantitative estimate of drug-likeness (QED) is 0.650. The predicted molar refractivity (Wildman–Crippen MR) is 62.5 cm³/mol. The second kappa shape index (κ2) is 4.39. The molecule has 86 valence electrons. The molecule has 1 aliphatic carbocycles. The van der Waals surface area contributed by atoms with Crippen molar-refractivity contribution in [1.29, 1.82) is 0 Å². The van der Waals surface area contributed by atoms with Crippen molar-refractivity contribution in [2.45, 2.75) is 25.9 Å². The molecule has 2 rings (SSSR count). The van der Waals surface area contributed by atoms with Crippen molar-refractivity contribution in [3.63, 3.8) is 0 Å². The van der Waals surface area contributed by atoms with Gasteiger partial charge in [0, 0.05) is 24.7 Å². The molecule has 0 bridgehead atoms. The van der Waals surface area contributed by atoms with Gasteiger partial charge in [-0.15, -0.1) is 0 Å². The Labute approximate surface area is 98.8 Å². The van der Waals surface area contributed by atoms with Crippen molar-refractivity contribution in [2.75, 3.05) is 0 Å². The average molecular weight is 241 g/mol. The molecule has 1 aromatic rings. The largest absolute Gasteiger partial charge is 0.310 e. The number of rotatable bonds is 4. The van der Waals surface area contributed by atoms with E-state index in [2.05, 4.69) is 12.2 Å². The Morgan fingerprint density at radius 3 is 2.81 bits per heavy atom. The summed E-state index contributed by atoms with van der Waals surface area (Å²) in [5.74, 6) is 0.733. The number of nitro benzene ring substituents is 1. The molecule has 1 saturated carbocycles. The summed E-state index contributed by atoms with van der Waals surface area (Å²) in [6.07, 6.45) is 1.20. The number of nitrogens with zero attached hydrogens (tertiary/aromatic N) is 1. The van der Waals surface area contributed by atoms with Gasteiger partial charge in [-0.05, 0) is 24.0 Å². The zero-order chi connectivity index (χ0) is 11.7. The first-order valence-electron chi connectivity index (χ1n) is 5.24. The number of hydrogen-bond acceptors (Lipinski definition) is 3. The van der Waals surface area contributed by atoms with Gasteiger partial charge >= 0.3 is 0 Å². The van der Waals surface area contributed by atoms with Crippen molar-refractivity contribution >= 4 is 17.3 Å². The van der Waals surface area contributed by atoms with Crippen LogP contribution in [0.2, 0.25) is 5.02 Å². The normalized spacial score (nSPS) is 23.1. The minimum Gasteiger partial charge on any atom is -0.310 e. The molecule has 0 saturated heterocycles. The van der Waals surface area contributed by atoms with E-state index in [1.807, 2.05) is 0 Å². The van der Waals surface area contributed by atoms with Gasteiger partial charge < -0.3 is 5.32 Å². The Morgan fingerprint density at radius 1 is 1.62 bits per heavy atom. The van der Waals surface area contributed by atoms with E-state index in [0.29, 0.717) is 17.6 Å². The number of hydrogen-bond donors (Lipinski definition) is 1. The van der Waals surface area contributed by atoms with Crippen LogP contribution in [0.1, 0.15) is 18.9 Å². The highest BCUT2D eigenvalue weighted by molar-refractivity contribution is 6.31. The number of nitro groups is 1. The lowest BCUT2D eigenvalue weighted by Crippen LogP contribution is -2.17. The first kappa shape index (κ1) is 11.4. The molecule has 1 aliphatic rings. The summed E-state index contributed by atoms with van der Waals surface area (Å²) in [6.45, 7) is 2.86. The van der Waals surface area contributed by atoms with Crippen LogP contribution in [0.15, 0.2) is 18.2 Å². The van der Waals surface area contributed by atoms with Gasteiger partial charge in [-0.1, -0.05) is 18.5 Å². The molecule has 4 nitrogen and oxygen atoms in total. The fourth-order valence-electron chi connectivity index (χ4n) is 1.64. The predicted octanol–water partition coefficient (Wildman–Crippen LogP) is 2.75. The topological polar surface area (TPSA) is 55.2 Å². The van der Waals surface area contributed by atoms with E-state index >= 15 is 0 Å². The molecule has 1 N–H and O–H groups in total. The lowest BCUT2D eigenvalue weighted by molar-refractivity contribution is -0.384. The molecule has 0 aliphatic heterocycles. The maximum absolute atomic E-state index is 10.5. The molecule has 2 unspecified atom stereocenters. The second-order valence-electron chi connectivity index (χ2n) is 4.23. The highest BCUT2D eigenvalue weighted by atomic mass is 35.5. The minimum atomic E-state index is -0.438. The van der Waals surface area contributed by atoms with Crippen LogP contribution in [-0.2, 0) is 6.54 Å². The molecule has 1 aromatic carbocycles. The summed E-state index contributed by atoms with van der Waals surface area (Å²) in [5.41, 5.74) is 0.944.